The number of hydrogen-bond acceptors (Lipinski definition) is 2. The first-order valence-corrected chi connectivity index (χ1v) is 7.80. The molecule has 0 aromatic heterocycles. The van der Waals surface area contributed by atoms with Crippen molar-refractivity contribution in [3.8, 4) is 0 Å². The molecule has 0 amide bonds. The lowest BCUT2D eigenvalue weighted by atomic mass is 10.2. The summed E-state index contributed by atoms with van der Waals surface area (Å²) in [4.78, 5) is 0. The van der Waals surface area contributed by atoms with Crippen LogP contribution in [-0.4, -0.2) is 24.4 Å². The van der Waals surface area contributed by atoms with Gasteiger partial charge in [-0.1, -0.05) is 60.9 Å². The molecule has 0 spiro atoms. The molecule has 16 heavy (non-hydrogen) atoms. The summed E-state index contributed by atoms with van der Waals surface area (Å²) < 4.78 is 11.9. The van der Waals surface area contributed by atoms with Crippen LogP contribution in [0.2, 0.25) is 0 Å². The van der Waals surface area contributed by atoms with Crippen molar-refractivity contribution in [3.05, 3.63) is 12.2 Å². The number of ether oxygens (including phenoxy) is 2. The van der Waals surface area contributed by atoms with Crippen molar-refractivity contribution in [2.45, 2.75) is 45.4 Å². The number of rotatable bonds is 12. The van der Waals surface area contributed by atoms with Crippen LogP contribution in [0.3, 0.4) is 0 Å². The van der Waals surface area contributed by atoms with Crippen molar-refractivity contribution in [1.82, 2.24) is 0 Å². The van der Waals surface area contributed by atoms with E-state index in [-0.39, 0.29) is 0 Å². The summed E-state index contributed by atoms with van der Waals surface area (Å²) in [5.41, 5.74) is 0. The van der Waals surface area contributed by atoms with Crippen LogP contribution >= 0.6 is 22.6 Å². The highest BCUT2D eigenvalue weighted by atomic mass is 127. The maximum absolute atomic E-state index is 5.36. The summed E-state index contributed by atoms with van der Waals surface area (Å²) in [5, 5.41) is 0. The maximum atomic E-state index is 5.36. The quantitative estimate of drug-likeness (QED) is 0.173. The van der Waals surface area contributed by atoms with E-state index < -0.39 is 0 Å². The number of alkyl halides is 1. The predicted octanol–water partition coefficient (Wildman–Crippen LogP) is 4.33. The van der Waals surface area contributed by atoms with Crippen molar-refractivity contribution in [3.63, 3.8) is 0 Å². The first kappa shape index (κ1) is 16.4. The minimum atomic E-state index is 0.451. The van der Waals surface area contributed by atoms with Crippen LogP contribution in [-0.2, 0) is 9.47 Å². The van der Waals surface area contributed by atoms with E-state index in [1.807, 2.05) is 0 Å². The van der Waals surface area contributed by atoms with Crippen LogP contribution in [0.1, 0.15) is 45.4 Å². The van der Waals surface area contributed by atoms with Crippen LogP contribution in [0, 0.1) is 0 Å². The molecule has 0 rings (SSSR count). The zero-order valence-electron chi connectivity index (χ0n) is 10.4. The molecular weight excluding hydrogens is 315 g/mol. The molecule has 96 valence electrons. The van der Waals surface area contributed by atoms with Gasteiger partial charge >= 0.3 is 0 Å². The van der Waals surface area contributed by atoms with Gasteiger partial charge in [-0.2, -0.15) is 0 Å². The SMILES string of the molecule is CCCCCCOCOCC/C=C/CCI. The van der Waals surface area contributed by atoms with Gasteiger partial charge in [-0.3, -0.25) is 0 Å². The zero-order valence-corrected chi connectivity index (χ0v) is 12.6. The molecule has 0 saturated carbocycles. The third-order valence-electron chi connectivity index (χ3n) is 2.18. The molecule has 0 bridgehead atoms. The average Bonchev–Trinajstić information content (AvgIpc) is 2.31. The van der Waals surface area contributed by atoms with Gasteiger partial charge in [-0.05, 0) is 19.3 Å². The summed E-state index contributed by atoms with van der Waals surface area (Å²) in [7, 11) is 0. The molecule has 0 fully saturated rings. The van der Waals surface area contributed by atoms with Crippen molar-refractivity contribution in [1.29, 1.82) is 0 Å². The van der Waals surface area contributed by atoms with Crippen LogP contribution in [0.4, 0.5) is 0 Å². The van der Waals surface area contributed by atoms with Crippen molar-refractivity contribution in [2.75, 3.05) is 24.4 Å². The highest BCUT2D eigenvalue weighted by molar-refractivity contribution is 14.1. The van der Waals surface area contributed by atoms with E-state index >= 15 is 0 Å². The van der Waals surface area contributed by atoms with Gasteiger partial charge in [0.2, 0.25) is 0 Å². The van der Waals surface area contributed by atoms with Crippen molar-refractivity contribution < 1.29 is 9.47 Å². The van der Waals surface area contributed by atoms with Gasteiger partial charge in [0.1, 0.15) is 6.79 Å². The average molecular weight is 340 g/mol. The summed E-state index contributed by atoms with van der Waals surface area (Å²) in [5.74, 6) is 0. The van der Waals surface area contributed by atoms with Crippen LogP contribution in [0.25, 0.3) is 0 Å². The summed E-state index contributed by atoms with van der Waals surface area (Å²) in [6.45, 7) is 4.28. The molecule has 3 heteroatoms. The Labute approximate surface area is 114 Å². The molecule has 2 nitrogen and oxygen atoms in total. The van der Waals surface area contributed by atoms with E-state index in [0.29, 0.717) is 6.79 Å². The van der Waals surface area contributed by atoms with Crippen molar-refractivity contribution in [2.24, 2.45) is 0 Å². The van der Waals surface area contributed by atoms with Gasteiger partial charge in [0, 0.05) is 11.0 Å². The third kappa shape index (κ3) is 14.4. The van der Waals surface area contributed by atoms with E-state index in [0.717, 1.165) is 32.5 Å². The molecule has 0 aliphatic carbocycles. The summed E-state index contributed by atoms with van der Waals surface area (Å²) in [6, 6.07) is 0. The van der Waals surface area contributed by atoms with E-state index in [1.165, 1.54) is 23.7 Å². The zero-order chi connectivity index (χ0) is 11.9. The first-order chi connectivity index (χ1) is 7.91. The lowest BCUT2D eigenvalue weighted by Crippen LogP contribution is -2.02. The Kier molecular flexibility index (Phi) is 15.8. The second kappa shape index (κ2) is 15.4. The standard InChI is InChI=1S/C13H25IO2/c1-2-3-4-8-11-15-13-16-12-9-6-5-7-10-14/h5-6H,2-4,7-13H2,1H3/b6-5+. The van der Waals surface area contributed by atoms with Gasteiger partial charge in [0.05, 0.1) is 6.61 Å². The maximum Gasteiger partial charge on any atom is 0.146 e. The Hall–Kier alpha value is 0.390. The van der Waals surface area contributed by atoms with Crippen LogP contribution < -0.4 is 0 Å². The normalized spacial score (nSPS) is 11.4. The van der Waals surface area contributed by atoms with E-state index in [9.17, 15) is 0 Å². The monoisotopic (exact) mass is 340 g/mol. The van der Waals surface area contributed by atoms with Crippen LogP contribution in [0.5, 0.6) is 0 Å². The Bertz CT molecular complexity index is 149. The highest BCUT2D eigenvalue weighted by Crippen LogP contribution is 1.99. The third-order valence-corrected chi connectivity index (χ3v) is 2.80. The number of unbranched alkanes of at least 4 members (excludes halogenated alkanes) is 3. The summed E-state index contributed by atoms with van der Waals surface area (Å²) >= 11 is 2.38. The molecular formula is C13H25IO2. The largest absolute Gasteiger partial charge is 0.355 e. The second-order valence-corrected chi connectivity index (χ2v) is 4.81. The van der Waals surface area contributed by atoms with Crippen LogP contribution in [0.15, 0.2) is 12.2 Å². The minimum Gasteiger partial charge on any atom is -0.355 e. The van der Waals surface area contributed by atoms with Gasteiger partial charge in [0.15, 0.2) is 0 Å². The molecule has 0 atom stereocenters. The second-order valence-electron chi connectivity index (χ2n) is 3.73. The van der Waals surface area contributed by atoms with Crippen molar-refractivity contribution >= 4 is 22.6 Å². The summed E-state index contributed by atoms with van der Waals surface area (Å²) in [6.07, 6.45) is 11.6. The van der Waals surface area contributed by atoms with Gasteiger partial charge < -0.3 is 9.47 Å². The van der Waals surface area contributed by atoms with Gasteiger partial charge in [-0.25, -0.2) is 0 Å². The lowest BCUT2D eigenvalue weighted by Gasteiger charge is -2.04. The van der Waals surface area contributed by atoms with E-state index in [4.69, 9.17) is 9.47 Å². The molecule has 0 aromatic carbocycles. The molecule has 0 heterocycles. The first-order valence-electron chi connectivity index (χ1n) is 6.28. The Morgan fingerprint density at radius 2 is 1.69 bits per heavy atom. The topological polar surface area (TPSA) is 18.5 Å². The fourth-order valence-corrected chi connectivity index (χ4v) is 1.62. The minimum absolute atomic E-state index is 0.451. The molecule has 0 aliphatic rings. The smallest absolute Gasteiger partial charge is 0.146 e. The molecule has 0 unspecified atom stereocenters. The Balaban J connectivity index is 2.93. The lowest BCUT2D eigenvalue weighted by molar-refractivity contribution is -0.0531. The molecule has 0 radical (unpaired) electrons. The Morgan fingerprint density at radius 3 is 2.44 bits per heavy atom. The predicted molar refractivity (Wildman–Crippen MR) is 78.2 cm³/mol. The highest BCUT2D eigenvalue weighted by Gasteiger charge is 1.89. The number of halogens is 1. The fourth-order valence-electron chi connectivity index (χ4n) is 1.26. The fraction of sp³-hybridized carbons (Fsp3) is 0.846. The number of hydrogen-bond donors (Lipinski definition) is 0. The van der Waals surface area contributed by atoms with E-state index in [1.54, 1.807) is 0 Å². The molecule has 0 N–H and O–H groups in total. The van der Waals surface area contributed by atoms with Gasteiger partial charge in [-0.15, -0.1) is 0 Å². The van der Waals surface area contributed by atoms with Gasteiger partial charge in [0.25, 0.3) is 0 Å². The number of allylic oxidation sites excluding steroid dienone is 1. The molecule has 0 aromatic rings. The molecule has 0 saturated heterocycles. The Morgan fingerprint density at radius 1 is 0.938 bits per heavy atom. The van der Waals surface area contributed by atoms with E-state index in [2.05, 4.69) is 41.7 Å². The molecule has 0 aliphatic heterocycles.